The smallest absolute Gasteiger partial charge is 0.671 e. The van der Waals surface area contributed by atoms with Gasteiger partial charge in [-0.3, -0.25) is 0 Å². The number of hydrogen-bond donors (Lipinski definition) is 0. The molecule has 2 heterocycles. The van der Waals surface area contributed by atoms with Crippen LogP contribution in [-0.4, -0.2) is 9.55 Å². The third-order valence-electron chi connectivity index (χ3n) is 8.14. The molecule has 0 amide bonds. The molecule has 3 aromatic carbocycles. The first-order chi connectivity index (χ1) is 19.5. The molecule has 0 saturated heterocycles. The molecular weight excluding hydrogens is 705 g/mol. The summed E-state index contributed by atoms with van der Waals surface area (Å²) < 4.78 is 8.39. The summed E-state index contributed by atoms with van der Waals surface area (Å²) in [6.07, 6.45) is 2.91. The molecule has 0 N–H and O–H groups in total. The van der Waals surface area contributed by atoms with Crippen LogP contribution in [-0.2, 0) is 39.3 Å². The van der Waals surface area contributed by atoms with Crippen molar-refractivity contribution in [2.24, 2.45) is 7.05 Å². The molecule has 1 atom stereocenters. The van der Waals surface area contributed by atoms with Gasteiger partial charge in [-0.25, -0.2) is 4.98 Å². The number of furan rings is 1. The van der Waals surface area contributed by atoms with Crippen molar-refractivity contribution in [2.45, 2.75) is 86.6 Å². The van der Waals surface area contributed by atoms with Gasteiger partial charge >= 0.3 is 25.8 Å². The van der Waals surface area contributed by atoms with Gasteiger partial charge < -0.3 is 29.2 Å². The number of aryl methyl sites for hydroxylation is 6. The Bertz CT molecular complexity index is 1670. The van der Waals surface area contributed by atoms with Crippen molar-refractivity contribution in [3.8, 4) is 11.3 Å². The number of nitrogens with zero attached hydrogens (tertiary/aromatic N) is 3. The summed E-state index contributed by atoms with van der Waals surface area (Å²) in [5.41, 5.74) is 12.7. The van der Waals surface area contributed by atoms with E-state index in [0.29, 0.717) is 11.8 Å². The van der Waals surface area contributed by atoms with Crippen LogP contribution in [0.25, 0.3) is 27.5 Å². The van der Waals surface area contributed by atoms with Crippen LogP contribution in [0.3, 0.4) is 0 Å². The molecule has 0 saturated carbocycles. The van der Waals surface area contributed by atoms with Crippen LogP contribution in [0, 0.1) is 48.6 Å². The molecule has 0 unspecified atom stereocenters. The minimum absolute atomic E-state index is 0. The predicted octanol–water partition coefficient (Wildman–Crippen LogP) is 11.4. The van der Waals surface area contributed by atoms with Gasteiger partial charge in [0, 0.05) is 18.8 Å². The Morgan fingerprint density at radius 2 is 1.48 bits per heavy atom. The fraction of sp³-hybridized carbons (Fsp3) is 0.359. The number of imidazole rings is 1. The van der Waals surface area contributed by atoms with E-state index in [-0.39, 0.29) is 46.7 Å². The average molecular weight is 754 g/mol. The van der Waals surface area contributed by atoms with Crippen molar-refractivity contribution in [3.05, 3.63) is 125 Å². The topological polar surface area (TPSA) is 45.1 Å². The summed E-state index contributed by atoms with van der Waals surface area (Å²) in [6, 6.07) is 18.2. The van der Waals surface area contributed by atoms with E-state index in [1.807, 2.05) is 18.2 Å². The van der Waals surface area contributed by atoms with Crippen molar-refractivity contribution in [1.29, 1.82) is 0 Å². The van der Waals surface area contributed by atoms with Crippen LogP contribution in [0.1, 0.15) is 103 Å². The maximum Gasteiger partial charge on any atom is 4.00 e. The Hall–Kier alpha value is -2.92. The van der Waals surface area contributed by atoms with Gasteiger partial charge in [-0.15, -0.1) is 30.0 Å². The maximum absolute atomic E-state index is 6.24. The summed E-state index contributed by atoms with van der Waals surface area (Å²) in [4.78, 5) is 5.34. The standard InChI is InChI=1S/C37H43N3O.2CH3.Hf/c1-11-31-34(27-14-12-13-15-32(27)41-31)30-20-40(10)37(38-30)36(33-25(8)16-23(6)17-26(33)9)39-35-28(21(2)3)18-24(7)19-29(35)22(4)5;;;/h12-13,15-22,36H,11H2,1-10H3;2*1H3;/q-2;2*-1;+4/t36-;;;/m0.../s1. The molecule has 4 nitrogen and oxygen atoms in total. The van der Waals surface area contributed by atoms with E-state index in [1.54, 1.807) is 0 Å². The molecule has 0 fully saturated rings. The molecule has 2 aromatic heterocycles. The molecular formula is C39H49HfN3O. The number of benzene rings is 3. The van der Waals surface area contributed by atoms with E-state index in [2.05, 4.69) is 110 Å². The first-order valence-electron chi connectivity index (χ1n) is 14.9. The van der Waals surface area contributed by atoms with Gasteiger partial charge in [-0.05, 0) is 74.2 Å². The molecule has 0 aliphatic rings. The molecule has 44 heavy (non-hydrogen) atoms. The van der Waals surface area contributed by atoms with Crippen LogP contribution >= 0.6 is 0 Å². The number of fused-ring (bicyclic) bond motifs is 1. The number of rotatable bonds is 8. The normalized spacial score (nSPS) is 11.7. The second-order valence-electron chi connectivity index (χ2n) is 12.2. The van der Waals surface area contributed by atoms with E-state index >= 15 is 0 Å². The van der Waals surface area contributed by atoms with Crippen LogP contribution in [0.5, 0.6) is 0 Å². The zero-order valence-corrected chi connectivity index (χ0v) is 32.4. The van der Waals surface area contributed by atoms with Gasteiger partial charge in [0.05, 0.1) is 17.3 Å². The van der Waals surface area contributed by atoms with Gasteiger partial charge in [0.15, 0.2) is 0 Å². The van der Waals surface area contributed by atoms with E-state index in [0.717, 1.165) is 45.9 Å². The van der Waals surface area contributed by atoms with Crippen molar-refractivity contribution >= 4 is 16.7 Å². The first kappa shape index (κ1) is 37.3. The fourth-order valence-electron chi connectivity index (χ4n) is 6.27. The van der Waals surface area contributed by atoms with Crippen molar-refractivity contribution in [1.82, 2.24) is 9.55 Å². The predicted molar refractivity (Wildman–Crippen MR) is 184 cm³/mol. The van der Waals surface area contributed by atoms with E-state index < -0.39 is 0 Å². The molecule has 0 radical (unpaired) electrons. The molecule has 0 bridgehead atoms. The monoisotopic (exact) mass is 755 g/mol. The molecule has 0 aliphatic heterocycles. The minimum Gasteiger partial charge on any atom is -0.671 e. The average Bonchev–Trinajstić information content (AvgIpc) is 3.47. The molecule has 5 aromatic rings. The molecule has 0 aliphatic carbocycles. The van der Waals surface area contributed by atoms with Crippen molar-refractivity contribution in [3.63, 3.8) is 0 Å². The second kappa shape index (κ2) is 14.9. The van der Waals surface area contributed by atoms with E-state index in [9.17, 15) is 0 Å². The van der Waals surface area contributed by atoms with Crippen LogP contribution in [0.2, 0.25) is 0 Å². The zero-order chi connectivity index (χ0) is 29.6. The minimum atomic E-state index is -0.265. The van der Waals surface area contributed by atoms with Crippen LogP contribution in [0.15, 0.2) is 53.1 Å². The Morgan fingerprint density at radius 3 is 2.02 bits per heavy atom. The largest absolute Gasteiger partial charge is 4.00 e. The van der Waals surface area contributed by atoms with Gasteiger partial charge in [0.2, 0.25) is 0 Å². The third-order valence-corrected chi connectivity index (χ3v) is 8.14. The SMILES string of the molecule is CCc1oc2ccc[c-]c2c1-c1cn(C)c([C@@H]([N-]c2c(C(C)C)cc(C)cc2C(C)C)c2c(C)cc(C)cc2C)n1.[CH3-].[CH3-].[Hf+4]. The second-order valence-corrected chi connectivity index (χ2v) is 12.2. The Kier molecular flexibility index (Phi) is 12.6. The quantitative estimate of drug-likeness (QED) is 0.117. The summed E-state index contributed by atoms with van der Waals surface area (Å²) in [5, 5.41) is 6.66. The van der Waals surface area contributed by atoms with Gasteiger partial charge in [0.25, 0.3) is 0 Å². The first-order valence-corrected chi connectivity index (χ1v) is 14.9. The summed E-state index contributed by atoms with van der Waals surface area (Å²) >= 11 is 0. The third kappa shape index (κ3) is 6.98. The van der Waals surface area contributed by atoms with Crippen molar-refractivity contribution in [2.75, 3.05) is 0 Å². The molecule has 5 heteroatoms. The van der Waals surface area contributed by atoms with E-state index in [4.69, 9.17) is 14.7 Å². The van der Waals surface area contributed by atoms with Crippen molar-refractivity contribution < 1.29 is 30.3 Å². The zero-order valence-electron chi connectivity index (χ0n) is 28.8. The Balaban J connectivity index is 0.00000225. The molecule has 230 valence electrons. The van der Waals surface area contributed by atoms with E-state index in [1.165, 1.54) is 38.9 Å². The van der Waals surface area contributed by atoms with Gasteiger partial charge in [-0.2, -0.15) is 0 Å². The summed E-state index contributed by atoms with van der Waals surface area (Å²) in [6.45, 7) is 19.9. The molecule has 5 rings (SSSR count). The number of aromatic nitrogens is 2. The van der Waals surface area contributed by atoms with Gasteiger partial charge in [0.1, 0.15) is 0 Å². The maximum atomic E-state index is 6.24. The van der Waals surface area contributed by atoms with Crippen LogP contribution in [0.4, 0.5) is 5.69 Å². The number of hydrogen-bond acceptors (Lipinski definition) is 2. The van der Waals surface area contributed by atoms with Crippen LogP contribution < -0.4 is 0 Å². The van der Waals surface area contributed by atoms with Gasteiger partial charge in [-0.1, -0.05) is 86.5 Å². The molecule has 0 spiro atoms. The fourth-order valence-corrected chi connectivity index (χ4v) is 6.27. The Labute approximate surface area is 285 Å². The Morgan fingerprint density at radius 1 is 0.909 bits per heavy atom. The summed E-state index contributed by atoms with van der Waals surface area (Å²) in [7, 11) is 2.09. The summed E-state index contributed by atoms with van der Waals surface area (Å²) in [5.74, 6) is 2.56.